The smallest absolute Gasteiger partial charge is 0.243 e. The third-order valence-corrected chi connectivity index (χ3v) is 6.58. The van der Waals surface area contributed by atoms with Crippen LogP contribution in [0.4, 0.5) is 0 Å². The Kier molecular flexibility index (Phi) is 4.69. The van der Waals surface area contributed by atoms with Gasteiger partial charge in [0.1, 0.15) is 0 Å². The zero-order valence-corrected chi connectivity index (χ0v) is 14.4. The molecule has 116 valence electrons. The number of nitrogens with zero attached hydrogens (tertiary/aromatic N) is 1. The minimum absolute atomic E-state index is 0.192. The summed E-state index contributed by atoms with van der Waals surface area (Å²) in [5.41, 5.74) is 0. The van der Waals surface area contributed by atoms with Gasteiger partial charge in [-0.05, 0) is 50.4 Å². The Morgan fingerprint density at radius 2 is 2.05 bits per heavy atom. The first-order chi connectivity index (χ1) is 10.1. The molecule has 4 nitrogen and oxygen atoms in total. The normalized spacial score (nSPS) is 23.4. The predicted molar refractivity (Wildman–Crippen MR) is 86.7 cm³/mol. The molecule has 21 heavy (non-hydrogen) atoms. The number of halogens is 1. The van der Waals surface area contributed by atoms with Gasteiger partial charge in [-0.15, -0.1) is 0 Å². The second-order valence-corrected chi connectivity index (χ2v) is 8.72. The van der Waals surface area contributed by atoms with Crippen LogP contribution in [-0.4, -0.2) is 37.9 Å². The average Bonchev–Trinajstić information content (AvgIpc) is 3.30. The molecule has 2 aliphatic rings. The van der Waals surface area contributed by atoms with Crippen molar-refractivity contribution in [1.82, 2.24) is 9.62 Å². The average molecular weight is 373 g/mol. The van der Waals surface area contributed by atoms with Crippen molar-refractivity contribution in [3.63, 3.8) is 0 Å². The third-order valence-electron chi connectivity index (χ3n) is 4.17. The molecule has 6 heteroatoms. The summed E-state index contributed by atoms with van der Waals surface area (Å²) in [6.45, 7) is 1.60. The lowest BCUT2D eigenvalue weighted by molar-refractivity contribution is 0.307. The number of piperidine rings is 1. The van der Waals surface area contributed by atoms with Gasteiger partial charge in [0.25, 0.3) is 0 Å². The van der Waals surface area contributed by atoms with Gasteiger partial charge < -0.3 is 5.32 Å². The molecule has 1 unspecified atom stereocenters. The molecular weight excluding hydrogens is 352 g/mol. The molecule has 0 spiro atoms. The maximum absolute atomic E-state index is 12.9. The molecule has 0 bridgehead atoms. The summed E-state index contributed by atoms with van der Waals surface area (Å²) in [7, 11) is -3.40. The van der Waals surface area contributed by atoms with E-state index in [4.69, 9.17) is 0 Å². The van der Waals surface area contributed by atoms with Gasteiger partial charge in [-0.1, -0.05) is 28.4 Å². The van der Waals surface area contributed by atoms with E-state index in [9.17, 15) is 8.42 Å². The van der Waals surface area contributed by atoms with Crippen molar-refractivity contribution in [2.75, 3.05) is 13.1 Å². The van der Waals surface area contributed by atoms with E-state index in [-0.39, 0.29) is 6.04 Å². The van der Waals surface area contributed by atoms with E-state index >= 15 is 0 Å². The van der Waals surface area contributed by atoms with Crippen molar-refractivity contribution < 1.29 is 8.42 Å². The molecule has 1 aromatic carbocycles. The van der Waals surface area contributed by atoms with E-state index in [2.05, 4.69) is 21.2 Å². The fraction of sp³-hybridized carbons (Fsp3) is 0.600. The molecule has 3 rings (SSSR count). The number of benzene rings is 1. The standard InChI is InChI=1S/C15H21BrN2O2S/c16-12-4-3-6-15(10-12)21(19,20)18(14-7-8-14)11-13-5-1-2-9-17-13/h3-4,6,10,13-14,17H,1-2,5,7-9,11H2. The van der Waals surface area contributed by atoms with E-state index in [0.717, 1.165) is 30.3 Å². The molecule has 2 fully saturated rings. The van der Waals surface area contributed by atoms with Crippen LogP contribution >= 0.6 is 15.9 Å². The summed E-state index contributed by atoms with van der Waals surface area (Å²) in [4.78, 5) is 0.389. The summed E-state index contributed by atoms with van der Waals surface area (Å²) >= 11 is 3.36. The lowest BCUT2D eigenvalue weighted by Crippen LogP contribution is -2.46. The van der Waals surface area contributed by atoms with Gasteiger partial charge in [0.2, 0.25) is 10.0 Å². The van der Waals surface area contributed by atoms with E-state index in [1.165, 1.54) is 12.8 Å². The van der Waals surface area contributed by atoms with Crippen molar-refractivity contribution >= 4 is 26.0 Å². The monoisotopic (exact) mass is 372 g/mol. The lowest BCUT2D eigenvalue weighted by atomic mass is 10.1. The van der Waals surface area contributed by atoms with Crippen LogP contribution in [0.2, 0.25) is 0 Å². The summed E-state index contributed by atoms with van der Waals surface area (Å²) in [5.74, 6) is 0. The number of sulfonamides is 1. The van der Waals surface area contributed by atoms with Gasteiger partial charge in [-0.25, -0.2) is 8.42 Å². The zero-order chi connectivity index (χ0) is 14.9. The van der Waals surface area contributed by atoms with Crippen LogP contribution in [0.15, 0.2) is 33.6 Å². The van der Waals surface area contributed by atoms with E-state index in [1.54, 1.807) is 22.5 Å². The molecule has 1 aliphatic heterocycles. The van der Waals surface area contributed by atoms with Crippen LogP contribution in [0.5, 0.6) is 0 Å². The molecule has 0 radical (unpaired) electrons. The Morgan fingerprint density at radius 1 is 1.24 bits per heavy atom. The Morgan fingerprint density at radius 3 is 2.67 bits per heavy atom. The van der Waals surface area contributed by atoms with Gasteiger partial charge in [-0.2, -0.15) is 4.31 Å². The Labute approximate surface area is 135 Å². The first-order valence-corrected chi connectivity index (χ1v) is 9.81. The molecule has 1 aliphatic carbocycles. The van der Waals surface area contributed by atoms with E-state index < -0.39 is 10.0 Å². The highest BCUT2D eigenvalue weighted by Gasteiger charge is 2.39. The zero-order valence-electron chi connectivity index (χ0n) is 12.0. The fourth-order valence-electron chi connectivity index (χ4n) is 2.87. The second kappa shape index (κ2) is 6.36. The predicted octanol–water partition coefficient (Wildman–Crippen LogP) is 2.74. The van der Waals surface area contributed by atoms with Crippen LogP contribution < -0.4 is 5.32 Å². The summed E-state index contributed by atoms with van der Waals surface area (Å²) in [6.07, 6.45) is 5.42. The highest BCUT2D eigenvalue weighted by Crippen LogP contribution is 2.33. The van der Waals surface area contributed by atoms with Crippen LogP contribution in [0.3, 0.4) is 0 Å². The van der Waals surface area contributed by atoms with Crippen LogP contribution in [-0.2, 0) is 10.0 Å². The first kappa shape index (κ1) is 15.5. The van der Waals surface area contributed by atoms with Crippen LogP contribution in [0.25, 0.3) is 0 Å². The SMILES string of the molecule is O=S(=O)(c1cccc(Br)c1)N(CC1CCCCN1)C1CC1. The number of hydrogen-bond acceptors (Lipinski definition) is 3. The van der Waals surface area contributed by atoms with Gasteiger partial charge in [0.05, 0.1) is 4.90 Å². The molecule has 1 heterocycles. The largest absolute Gasteiger partial charge is 0.313 e. The van der Waals surface area contributed by atoms with Crippen molar-refractivity contribution in [2.45, 2.75) is 49.1 Å². The maximum atomic E-state index is 12.9. The molecule has 1 atom stereocenters. The number of nitrogens with one attached hydrogen (secondary N) is 1. The highest BCUT2D eigenvalue weighted by molar-refractivity contribution is 9.10. The molecular formula is C15H21BrN2O2S. The van der Waals surface area contributed by atoms with Gasteiger partial charge >= 0.3 is 0 Å². The summed E-state index contributed by atoms with van der Waals surface area (Å²) in [6, 6.07) is 7.49. The first-order valence-electron chi connectivity index (χ1n) is 7.58. The Bertz CT molecular complexity index is 595. The van der Waals surface area contributed by atoms with Crippen molar-refractivity contribution in [3.8, 4) is 0 Å². The summed E-state index contributed by atoms with van der Waals surface area (Å²) < 4.78 is 28.4. The van der Waals surface area contributed by atoms with Gasteiger partial charge in [0, 0.05) is 23.1 Å². The van der Waals surface area contributed by atoms with E-state index in [0.29, 0.717) is 17.5 Å². The van der Waals surface area contributed by atoms with Crippen molar-refractivity contribution in [2.24, 2.45) is 0 Å². The minimum Gasteiger partial charge on any atom is -0.313 e. The third kappa shape index (κ3) is 3.67. The van der Waals surface area contributed by atoms with E-state index in [1.807, 2.05) is 6.07 Å². The van der Waals surface area contributed by atoms with Crippen LogP contribution in [0.1, 0.15) is 32.1 Å². The Hall–Kier alpha value is -0.430. The van der Waals surface area contributed by atoms with Gasteiger partial charge in [0.15, 0.2) is 0 Å². The molecule has 1 N–H and O–H groups in total. The molecule has 0 aromatic heterocycles. The lowest BCUT2D eigenvalue weighted by Gasteiger charge is -2.30. The van der Waals surface area contributed by atoms with Crippen LogP contribution in [0, 0.1) is 0 Å². The second-order valence-electron chi connectivity index (χ2n) is 5.91. The number of rotatable bonds is 5. The summed E-state index contributed by atoms with van der Waals surface area (Å²) in [5, 5.41) is 3.45. The highest BCUT2D eigenvalue weighted by atomic mass is 79.9. The van der Waals surface area contributed by atoms with Crippen molar-refractivity contribution in [1.29, 1.82) is 0 Å². The molecule has 1 aromatic rings. The molecule has 1 saturated carbocycles. The fourth-order valence-corrected chi connectivity index (χ4v) is 5.19. The van der Waals surface area contributed by atoms with Crippen molar-refractivity contribution in [3.05, 3.63) is 28.7 Å². The molecule has 1 saturated heterocycles. The molecule has 0 amide bonds. The topological polar surface area (TPSA) is 49.4 Å². The minimum atomic E-state index is -3.40. The quantitative estimate of drug-likeness (QED) is 0.864. The maximum Gasteiger partial charge on any atom is 0.243 e. The number of hydrogen-bond donors (Lipinski definition) is 1. The van der Waals surface area contributed by atoms with Gasteiger partial charge in [-0.3, -0.25) is 0 Å². The Balaban J connectivity index is 1.82.